The molecule has 0 saturated heterocycles. The van der Waals surface area contributed by atoms with Crippen LogP contribution in [0.15, 0.2) is 18.2 Å². The molecule has 0 aliphatic heterocycles. The Morgan fingerprint density at radius 1 is 1.17 bits per heavy atom. The van der Waals surface area contributed by atoms with Gasteiger partial charge in [0.1, 0.15) is 0 Å². The van der Waals surface area contributed by atoms with E-state index < -0.39 is 0 Å². The highest BCUT2D eigenvalue weighted by molar-refractivity contribution is 6.02. The van der Waals surface area contributed by atoms with Gasteiger partial charge in [0.25, 0.3) is 5.91 Å². The number of benzene rings is 1. The zero-order valence-electron chi connectivity index (χ0n) is 15.1. The quantitative estimate of drug-likeness (QED) is 0.846. The molecule has 5 heteroatoms. The van der Waals surface area contributed by atoms with Crippen molar-refractivity contribution < 1.29 is 9.59 Å². The molecule has 0 heterocycles. The lowest BCUT2D eigenvalue weighted by atomic mass is 9.92. The van der Waals surface area contributed by atoms with E-state index >= 15 is 0 Å². The molecule has 2 N–H and O–H groups in total. The lowest BCUT2D eigenvalue weighted by Gasteiger charge is -2.20. The monoisotopic (exact) mass is 319 g/mol. The number of hydrogen-bond acceptors (Lipinski definition) is 3. The molecule has 128 valence electrons. The van der Waals surface area contributed by atoms with Crippen molar-refractivity contribution in [1.82, 2.24) is 5.32 Å². The fourth-order valence-corrected chi connectivity index (χ4v) is 2.21. The van der Waals surface area contributed by atoms with Gasteiger partial charge in [0.05, 0.1) is 5.56 Å². The summed E-state index contributed by atoms with van der Waals surface area (Å²) in [7, 11) is 3.79. The molecule has 23 heavy (non-hydrogen) atoms. The molecule has 0 fully saturated rings. The van der Waals surface area contributed by atoms with Crippen LogP contribution in [0.4, 0.5) is 11.4 Å². The maximum absolute atomic E-state index is 12.3. The predicted molar refractivity (Wildman–Crippen MR) is 96.1 cm³/mol. The number of nitrogens with zero attached hydrogens (tertiary/aromatic N) is 1. The van der Waals surface area contributed by atoms with Crippen molar-refractivity contribution in [1.29, 1.82) is 0 Å². The Morgan fingerprint density at radius 2 is 1.83 bits per heavy atom. The van der Waals surface area contributed by atoms with E-state index in [1.165, 1.54) is 0 Å². The van der Waals surface area contributed by atoms with E-state index in [4.69, 9.17) is 0 Å². The Balaban J connectivity index is 2.99. The molecule has 0 atom stereocenters. The summed E-state index contributed by atoms with van der Waals surface area (Å²) in [6, 6.07) is 5.42. The van der Waals surface area contributed by atoms with Crippen LogP contribution in [0.3, 0.4) is 0 Å². The number of anilines is 2. The smallest absolute Gasteiger partial charge is 0.253 e. The summed E-state index contributed by atoms with van der Waals surface area (Å²) in [4.78, 5) is 26.3. The molecule has 1 rings (SSSR count). The van der Waals surface area contributed by atoms with E-state index in [9.17, 15) is 9.59 Å². The van der Waals surface area contributed by atoms with Gasteiger partial charge < -0.3 is 15.5 Å². The van der Waals surface area contributed by atoms with Crippen LogP contribution in [-0.4, -0.2) is 32.5 Å². The standard InChI is InChI=1S/C18H29N3O2/c1-7-10-19-17(23)14-11-13(8-9-15(14)21(5)6)20-16(22)12-18(2,3)4/h8-9,11H,7,10,12H2,1-6H3,(H,19,23)(H,20,22). The van der Waals surface area contributed by atoms with Crippen LogP contribution >= 0.6 is 0 Å². The molecule has 1 aromatic rings. The molecule has 0 aromatic heterocycles. The molecule has 0 radical (unpaired) electrons. The molecule has 0 aliphatic rings. The Morgan fingerprint density at radius 3 is 2.35 bits per heavy atom. The number of hydrogen-bond donors (Lipinski definition) is 2. The summed E-state index contributed by atoms with van der Waals surface area (Å²) in [5.41, 5.74) is 1.96. The fraction of sp³-hybridized carbons (Fsp3) is 0.556. The first-order valence-corrected chi connectivity index (χ1v) is 8.03. The van der Waals surface area contributed by atoms with Gasteiger partial charge >= 0.3 is 0 Å². The largest absolute Gasteiger partial charge is 0.377 e. The van der Waals surface area contributed by atoms with Crippen LogP contribution in [-0.2, 0) is 4.79 Å². The first-order chi connectivity index (χ1) is 10.6. The van der Waals surface area contributed by atoms with E-state index in [0.29, 0.717) is 24.2 Å². The second kappa shape index (κ2) is 7.99. The van der Waals surface area contributed by atoms with E-state index in [2.05, 4.69) is 10.6 Å². The van der Waals surface area contributed by atoms with Gasteiger partial charge in [0, 0.05) is 38.4 Å². The summed E-state index contributed by atoms with van der Waals surface area (Å²) in [6.45, 7) is 8.70. The minimum Gasteiger partial charge on any atom is -0.377 e. The Kier molecular flexibility index (Phi) is 6.61. The van der Waals surface area contributed by atoms with Crippen molar-refractivity contribution in [2.24, 2.45) is 5.41 Å². The van der Waals surface area contributed by atoms with Gasteiger partial charge in [-0.1, -0.05) is 27.7 Å². The zero-order chi connectivity index (χ0) is 17.6. The lowest BCUT2D eigenvalue weighted by molar-refractivity contribution is -0.117. The average Bonchev–Trinajstić information content (AvgIpc) is 2.42. The lowest BCUT2D eigenvalue weighted by Crippen LogP contribution is -2.27. The first-order valence-electron chi connectivity index (χ1n) is 8.03. The highest BCUT2D eigenvalue weighted by atomic mass is 16.2. The van der Waals surface area contributed by atoms with Gasteiger partial charge in [-0.05, 0) is 30.0 Å². The highest BCUT2D eigenvalue weighted by Crippen LogP contribution is 2.24. The molecular weight excluding hydrogens is 290 g/mol. The fourth-order valence-electron chi connectivity index (χ4n) is 2.21. The normalized spacial score (nSPS) is 11.0. The van der Waals surface area contributed by atoms with Crippen molar-refractivity contribution in [2.45, 2.75) is 40.5 Å². The minimum atomic E-state index is -0.123. The van der Waals surface area contributed by atoms with Crippen LogP contribution < -0.4 is 15.5 Å². The molecule has 0 unspecified atom stereocenters. The Hall–Kier alpha value is -2.04. The van der Waals surface area contributed by atoms with Crippen molar-refractivity contribution in [3.05, 3.63) is 23.8 Å². The summed E-state index contributed by atoms with van der Waals surface area (Å²) in [5, 5.41) is 5.76. The third-order valence-electron chi connectivity index (χ3n) is 3.23. The summed E-state index contributed by atoms with van der Waals surface area (Å²) in [5.74, 6) is -0.169. The second-order valence-electron chi connectivity index (χ2n) is 7.17. The second-order valence-corrected chi connectivity index (χ2v) is 7.17. The van der Waals surface area contributed by atoms with Crippen molar-refractivity contribution >= 4 is 23.2 Å². The zero-order valence-corrected chi connectivity index (χ0v) is 15.1. The molecule has 0 bridgehead atoms. The molecule has 0 spiro atoms. The Bertz CT molecular complexity index is 560. The van der Waals surface area contributed by atoms with Crippen LogP contribution in [0.5, 0.6) is 0 Å². The number of nitrogens with one attached hydrogen (secondary N) is 2. The predicted octanol–water partition coefficient (Wildman–Crippen LogP) is 3.27. The summed E-state index contributed by atoms with van der Waals surface area (Å²) in [6.07, 6.45) is 1.31. The number of carbonyl (C=O) groups excluding carboxylic acids is 2. The van der Waals surface area contributed by atoms with Crippen LogP contribution in [0.1, 0.15) is 50.9 Å². The van der Waals surface area contributed by atoms with Crippen LogP contribution in [0.25, 0.3) is 0 Å². The van der Waals surface area contributed by atoms with Gasteiger partial charge in [-0.3, -0.25) is 9.59 Å². The number of amides is 2. The van der Waals surface area contributed by atoms with Gasteiger partial charge in [0.15, 0.2) is 0 Å². The molecular formula is C18H29N3O2. The topological polar surface area (TPSA) is 61.4 Å². The molecule has 5 nitrogen and oxygen atoms in total. The first kappa shape index (κ1) is 19.0. The maximum Gasteiger partial charge on any atom is 0.253 e. The van der Waals surface area contributed by atoms with E-state index in [-0.39, 0.29) is 17.2 Å². The van der Waals surface area contributed by atoms with E-state index in [1.807, 2.05) is 58.8 Å². The number of rotatable bonds is 6. The van der Waals surface area contributed by atoms with E-state index in [0.717, 1.165) is 12.1 Å². The van der Waals surface area contributed by atoms with E-state index in [1.54, 1.807) is 6.07 Å². The van der Waals surface area contributed by atoms with Crippen molar-refractivity contribution in [2.75, 3.05) is 30.9 Å². The van der Waals surface area contributed by atoms with Crippen LogP contribution in [0.2, 0.25) is 0 Å². The van der Waals surface area contributed by atoms with Gasteiger partial charge in [-0.25, -0.2) is 0 Å². The molecule has 2 amide bonds. The summed E-state index contributed by atoms with van der Waals surface area (Å²) >= 11 is 0. The highest BCUT2D eigenvalue weighted by Gasteiger charge is 2.18. The van der Waals surface area contributed by atoms with Gasteiger partial charge in [0.2, 0.25) is 5.91 Å². The average molecular weight is 319 g/mol. The van der Waals surface area contributed by atoms with Crippen molar-refractivity contribution in [3.8, 4) is 0 Å². The molecule has 0 aliphatic carbocycles. The molecule has 1 aromatic carbocycles. The number of carbonyl (C=O) groups is 2. The third-order valence-corrected chi connectivity index (χ3v) is 3.23. The van der Waals surface area contributed by atoms with Gasteiger partial charge in [-0.2, -0.15) is 0 Å². The Labute approximate surface area is 139 Å². The van der Waals surface area contributed by atoms with Crippen LogP contribution in [0, 0.1) is 5.41 Å². The molecule has 0 saturated carbocycles. The van der Waals surface area contributed by atoms with Gasteiger partial charge in [-0.15, -0.1) is 0 Å². The summed E-state index contributed by atoms with van der Waals surface area (Å²) < 4.78 is 0. The minimum absolute atomic E-state index is 0.0463. The van der Waals surface area contributed by atoms with Crippen molar-refractivity contribution in [3.63, 3.8) is 0 Å². The maximum atomic E-state index is 12.3. The SMILES string of the molecule is CCCNC(=O)c1cc(NC(=O)CC(C)(C)C)ccc1N(C)C. The third kappa shape index (κ3) is 6.30.